The highest BCUT2D eigenvalue weighted by Crippen LogP contribution is 2.32. The molecule has 1 aliphatic rings. The van der Waals surface area contributed by atoms with Crippen LogP contribution in [-0.4, -0.2) is 25.1 Å². The number of carbonyl (C=O) groups excluding carboxylic acids is 1. The van der Waals surface area contributed by atoms with Crippen LogP contribution >= 0.6 is 0 Å². The SMILES string of the molecule is CCCCC1CCC(C(=O)N(C)OC)CC1. The van der Waals surface area contributed by atoms with Gasteiger partial charge in [-0.3, -0.25) is 9.63 Å². The number of unbranched alkanes of at least 4 members (excludes halogenated alkanes) is 1. The predicted octanol–water partition coefficient (Wildman–Crippen LogP) is 3.00. The summed E-state index contributed by atoms with van der Waals surface area (Å²) in [6.07, 6.45) is 8.48. The van der Waals surface area contributed by atoms with Crippen molar-refractivity contribution in [2.45, 2.75) is 51.9 Å². The first kappa shape index (κ1) is 13.5. The first-order valence-corrected chi connectivity index (χ1v) is 6.50. The molecular formula is C13H25NO2. The van der Waals surface area contributed by atoms with Crippen LogP contribution in [0, 0.1) is 11.8 Å². The molecule has 1 rings (SSSR count). The summed E-state index contributed by atoms with van der Waals surface area (Å²) in [5, 5.41) is 1.37. The van der Waals surface area contributed by atoms with Crippen molar-refractivity contribution in [2.24, 2.45) is 11.8 Å². The molecule has 1 saturated carbocycles. The molecule has 94 valence electrons. The third-order valence-electron chi connectivity index (χ3n) is 3.75. The predicted molar refractivity (Wildman–Crippen MR) is 64.8 cm³/mol. The van der Waals surface area contributed by atoms with E-state index in [9.17, 15) is 4.79 Å². The number of carbonyl (C=O) groups is 1. The van der Waals surface area contributed by atoms with Gasteiger partial charge in [-0.1, -0.05) is 26.2 Å². The van der Waals surface area contributed by atoms with E-state index in [0.717, 1.165) is 18.8 Å². The standard InChI is InChI=1S/C13H25NO2/c1-4-5-6-11-7-9-12(10-8-11)13(15)14(2)16-3/h11-12H,4-10H2,1-3H3. The van der Waals surface area contributed by atoms with Crippen LogP contribution in [0.3, 0.4) is 0 Å². The van der Waals surface area contributed by atoms with Crippen LogP contribution in [-0.2, 0) is 9.63 Å². The van der Waals surface area contributed by atoms with Crippen molar-refractivity contribution in [3.05, 3.63) is 0 Å². The Morgan fingerprint density at radius 3 is 2.44 bits per heavy atom. The summed E-state index contributed by atoms with van der Waals surface area (Å²) in [5.74, 6) is 1.20. The van der Waals surface area contributed by atoms with Crippen molar-refractivity contribution in [1.29, 1.82) is 0 Å². The Labute approximate surface area is 99.1 Å². The van der Waals surface area contributed by atoms with Crippen LogP contribution in [0.4, 0.5) is 0 Å². The van der Waals surface area contributed by atoms with Gasteiger partial charge >= 0.3 is 0 Å². The molecule has 0 saturated heterocycles. The van der Waals surface area contributed by atoms with E-state index >= 15 is 0 Å². The quantitative estimate of drug-likeness (QED) is 0.676. The Bertz CT molecular complexity index is 210. The van der Waals surface area contributed by atoms with Crippen LogP contribution in [0.15, 0.2) is 0 Å². The maximum Gasteiger partial charge on any atom is 0.248 e. The summed E-state index contributed by atoms with van der Waals surface area (Å²) >= 11 is 0. The molecule has 0 radical (unpaired) electrons. The molecule has 3 nitrogen and oxygen atoms in total. The summed E-state index contributed by atoms with van der Waals surface area (Å²) < 4.78 is 0. The molecule has 0 spiro atoms. The Morgan fingerprint density at radius 1 is 1.31 bits per heavy atom. The zero-order valence-electron chi connectivity index (χ0n) is 10.9. The maximum atomic E-state index is 11.9. The Hall–Kier alpha value is -0.570. The number of nitrogens with zero attached hydrogens (tertiary/aromatic N) is 1. The highest BCUT2D eigenvalue weighted by atomic mass is 16.7. The van der Waals surface area contributed by atoms with E-state index in [2.05, 4.69) is 6.92 Å². The fraction of sp³-hybridized carbons (Fsp3) is 0.923. The molecule has 0 aliphatic heterocycles. The second kappa shape index (κ2) is 6.89. The highest BCUT2D eigenvalue weighted by Gasteiger charge is 2.27. The number of hydrogen-bond donors (Lipinski definition) is 0. The lowest BCUT2D eigenvalue weighted by molar-refractivity contribution is -0.174. The van der Waals surface area contributed by atoms with Gasteiger partial charge in [0.25, 0.3) is 0 Å². The van der Waals surface area contributed by atoms with E-state index < -0.39 is 0 Å². The summed E-state index contributed by atoms with van der Waals surface area (Å²) in [4.78, 5) is 16.8. The minimum Gasteiger partial charge on any atom is -0.275 e. The van der Waals surface area contributed by atoms with E-state index in [-0.39, 0.29) is 11.8 Å². The summed E-state index contributed by atoms with van der Waals surface area (Å²) in [6.45, 7) is 2.24. The van der Waals surface area contributed by atoms with Gasteiger partial charge in [-0.15, -0.1) is 0 Å². The van der Waals surface area contributed by atoms with Gasteiger partial charge in [-0.2, -0.15) is 0 Å². The van der Waals surface area contributed by atoms with Crippen LogP contribution in [0.5, 0.6) is 0 Å². The molecule has 0 aromatic carbocycles. The second-order valence-electron chi connectivity index (χ2n) is 4.88. The Balaban J connectivity index is 2.28. The molecule has 0 heterocycles. The number of amides is 1. The number of hydrogen-bond acceptors (Lipinski definition) is 2. The highest BCUT2D eigenvalue weighted by molar-refractivity contribution is 5.77. The summed E-state index contributed by atoms with van der Waals surface area (Å²) in [5.41, 5.74) is 0. The molecular weight excluding hydrogens is 202 g/mol. The van der Waals surface area contributed by atoms with Crippen molar-refractivity contribution in [3.8, 4) is 0 Å². The molecule has 0 N–H and O–H groups in total. The third kappa shape index (κ3) is 3.78. The summed E-state index contributed by atoms with van der Waals surface area (Å²) in [7, 11) is 3.25. The molecule has 0 atom stereocenters. The van der Waals surface area contributed by atoms with Crippen LogP contribution in [0.1, 0.15) is 51.9 Å². The van der Waals surface area contributed by atoms with Crippen LogP contribution in [0.2, 0.25) is 0 Å². The molecule has 0 unspecified atom stereocenters. The topological polar surface area (TPSA) is 29.5 Å². The zero-order chi connectivity index (χ0) is 12.0. The maximum absolute atomic E-state index is 11.9. The average Bonchev–Trinajstić information content (AvgIpc) is 2.35. The minimum absolute atomic E-state index is 0.149. The molecule has 1 fully saturated rings. The first-order valence-electron chi connectivity index (χ1n) is 6.50. The Morgan fingerprint density at radius 2 is 1.94 bits per heavy atom. The van der Waals surface area contributed by atoms with Gasteiger partial charge in [0, 0.05) is 13.0 Å². The van der Waals surface area contributed by atoms with Crippen molar-refractivity contribution in [3.63, 3.8) is 0 Å². The van der Waals surface area contributed by atoms with E-state index in [0.29, 0.717) is 0 Å². The van der Waals surface area contributed by atoms with Gasteiger partial charge in [0.15, 0.2) is 0 Å². The van der Waals surface area contributed by atoms with Crippen molar-refractivity contribution < 1.29 is 9.63 Å². The average molecular weight is 227 g/mol. The molecule has 0 aromatic heterocycles. The lowest BCUT2D eigenvalue weighted by Crippen LogP contribution is -2.34. The Kier molecular flexibility index (Phi) is 5.81. The second-order valence-corrected chi connectivity index (χ2v) is 4.88. The van der Waals surface area contributed by atoms with Crippen LogP contribution in [0.25, 0.3) is 0 Å². The number of rotatable bonds is 5. The van der Waals surface area contributed by atoms with E-state index in [1.165, 1.54) is 37.2 Å². The van der Waals surface area contributed by atoms with Crippen molar-refractivity contribution in [2.75, 3.05) is 14.2 Å². The van der Waals surface area contributed by atoms with Crippen molar-refractivity contribution >= 4 is 5.91 Å². The van der Waals surface area contributed by atoms with Gasteiger partial charge < -0.3 is 0 Å². The number of hydroxylamine groups is 2. The molecule has 0 aromatic rings. The van der Waals surface area contributed by atoms with Gasteiger partial charge in [0.05, 0.1) is 7.11 Å². The van der Waals surface area contributed by atoms with Gasteiger partial charge in [-0.25, -0.2) is 5.06 Å². The van der Waals surface area contributed by atoms with E-state index in [1.54, 1.807) is 14.2 Å². The third-order valence-corrected chi connectivity index (χ3v) is 3.75. The smallest absolute Gasteiger partial charge is 0.248 e. The van der Waals surface area contributed by atoms with Crippen molar-refractivity contribution in [1.82, 2.24) is 5.06 Å². The van der Waals surface area contributed by atoms with Gasteiger partial charge in [0.1, 0.15) is 0 Å². The van der Waals surface area contributed by atoms with Gasteiger partial charge in [0.2, 0.25) is 5.91 Å². The molecule has 16 heavy (non-hydrogen) atoms. The molecule has 1 amide bonds. The normalized spacial score (nSPS) is 25.4. The zero-order valence-corrected chi connectivity index (χ0v) is 10.9. The van der Waals surface area contributed by atoms with E-state index in [1.807, 2.05) is 0 Å². The van der Waals surface area contributed by atoms with E-state index in [4.69, 9.17) is 4.84 Å². The minimum atomic E-state index is 0.149. The van der Waals surface area contributed by atoms with Gasteiger partial charge in [-0.05, 0) is 31.6 Å². The first-order chi connectivity index (χ1) is 7.69. The fourth-order valence-corrected chi connectivity index (χ4v) is 2.54. The molecule has 0 bridgehead atoms. The summed E-state index contributed by atoms with van der Waals surface area (Å²) in [6, 6.07) is 0. The van der Waals surface area contributed by atoms with Crippen LogP contribution < -0.4 is 0 Å². The fourth-order valence-electron chi connectivity index (χ4n) is 2.54. The lowest BCUT2D eigenvalue weighted by Gasteiger charge is -2.29. The largest absolute Gasteiger partial charge is 0.275 e. The lowest BCUT2D eigenvalue weighted by atomic mass is 9.79. The monoisotopic (exact) mass is 227 g/mol. The molecule has 3 heteroatoms. The molecule has 1 aliphatic carbocycles.